The summed E-state index contributed by atoms with van der Waals surface area (Å²) in [6.45, 7) is 1.89. The summed E-state index contributed by atoms with van der Waals surface area (Å²) < 4.78 is 26.5. The topological polar surface area (TPSA) is 84.0 Å². The molecule has 2 N–H and O–H groups in total. The van der Waals surface area contributed by atoms with Gasteiger partial charge in [0.25, 0.3) is 0 Å². The lowest BCUT2D eigenvalue weighted by Gasteiger charge is -2.17. The zero-order valence-corrected chi connectivity index (χ0v) is 15.6. The van der Waals surface area contributed by atoms with Gasteiger partial charge in [-0.15, -0.1) is 10.2 Å². The molecular formula is C18H20F2N4O2S. The highest BCUT2D eigenvalue weighted by molar-refractivity contribution is 7.15. The lowest BCUT2D eigenvalue weighted by Crippen LogP contribution is -2.44. The Morgan fingerprint density at radius 3 is 2.56 bits per heavy atom. The number of anilines is 1. The van der Waals surface area contributed by atoms with Crippen molar-refractivity contribution in [3.8, 4) is 0 Å². The van der Waals surface area contributed by atoms with Crippen molar-refractivity contribution >= 4 is 28.3 Å². The maximum atomic E-state index is 13.2. The number of hydrogen-bond donors (Lipinski definition) is 2. The molecule has 0 saturated heterocycles. The smallest absolute Gasteiger partial charge is 0.248 e. The third-order valence-electron chi connectivity index (χ3n) is 4.11. The molecular weight excluding hydrogens is 374 g/mol. The van der Waals surface area contributed by atoms with Crippen LogP contribution in [0.1, 0.15) is 49.1 Å². The van der Waals surface area contributed by atoms with Crippen LogP contribution in [0.15, 0.2) is 18.2 Å². The minimum absolute atomic E-state index is 0.207. The normalized spacial score (nSPS) is 14.6. The second kappa shape index (κ2) is 8.51. The van der Waals surface area contributed by atoms with Gasteiger partial charge in [0.1, 0.15) is 22.7 Å². The Hall–Kier alpha value is -2.42. The summed E-state index contributed by atoms with van der Waals surface area (Å²) in [6.07, 6.45) is 3.09. The zero-order valence-electron chi connectivity index (χ0n) is 14.8. The second-order valence-electron chi connectivity index (χ2n) is 6.57. The van der Waals surface area contributed by atoms with Crippen molar-refractivity contribution in [1.29, 1.82) is 0 Å². The number of rotatable bonds is 8. The van der Waals surface area contributed by atoms with E-state index in [9.17, 15) is 18.4 Å². The molecule has 0 bridgehead atoms. The first kappa shape index (κ1) is 19.3. The average Bonchev–Trinajstić information content (AvgIpc) is 3.33. The van der Waals surface area contributed by atoms with Crippen LogP contribution in [0.3, 0.4) is 0 Å². The molecule has 2 amide bonds. The molecule has 6 nitrogen and oxygen atoms in total. The van der Waals surface area contributed by atoms with Gasteiger partial charge in [-0.25, -0.2) is 8.78 Å². The molecule has 1 aliphatic carbocycles. The van der Waals surface area contributed by atoms with Crippen molar-refractivity contribution in [2.75, 3.05) is 5.32 Å². The van der Waals surface area contributed by atoms with Gasteiger partial charge in [-0.05, 0) is 37.0 Å². The monoisotopic (exact) mass is 394 g/mol. The van der Waals surface area contributed by atoms with Crippen LogP contribution in [0.25, 0.3) is 0 Å². The molecule has 1 fully saturated rings. The predicted molar refractivity (Wildman–Crippen MR) is 97.4 cm³/mol. The number of carbonyl (C=O) groups excluding carboxylic acids is 2. The van der Waals surface area contributed by atoms with E-state index in [-0.39, 0.29) is 17.9 Å². The predicted octanol–water partition coefficient (Wildman–Crippen LogP) is 3.16. The number of halogens is 2. The van der Waals surface area contributed by atoms with E-state index in [0.717, 1.165) is 36.0 Å². The van der Waals surface area contributed by atoms with Gasteiger partial charge in [-0.2, -0.15) is 0 Å². The number of hydrogen-bond acceptors (Lipinski definition) is 5. The summed E-state index contributed by atoms with van der Waals surface area (Å²) >= 11 is 1.34. The van der Waals surface area contributed by atoms with Crippen molar-refractivity contribution < 1.29 is 18.4 Å². The Bertz CT molecular complexity index is 818. The molecule has 3 rings (SSSR count). The lowest BCUT2D eigenvalue weighted by atomic mass is 10.1. The summed E-state index contributed by atoms with van der Waals surface area (Å²) in [5, 5.41) is 14.7. The molecule has 1 aromatic carbocycles. The van der Waals surface area contributed by atoms with Crippen molar-refractivity contribution in [3.05, 3.63) is 40.4 Å². The fraction of sp³-hybridized carbons (Fsp3) is 0.444. The highest BCUT2D eigenvalue weighted by Gasteiger charge is 2.28. The van der Waals surface area contributed by atoms with E-state index in [0.29, 0.717) is 23.9 Å². The van der Waals surface area contributed by atoms with Crippen LogP contribution in [-0.2, 0) is 16.0 Å². The summed E-state index contributed by atoms with van der Waals surface area (Å²) in [5.74, 6) is -1.91. The maximum absolute atomic E-state index is 13.2. The number of amides is 2. The van der Waals surface area contributed by atoms with E-state index in [4.69, 9.17) is 0 Å². The molecule has 1 saturated carbocycles. The van der Waals surface area contributed by atoms with Gasteiger partial charge in [0.2, 0.25) is 16.9 Å². The molecule has 1 aromatic heterocycles. The van der Waals surface area contributed by atoms with Crippen LogP contribution in [-0.4, -0.2) is 28.1 Å². The van der Waals surface area contributed by atoms with E-state index >= 15 is 0 Å². The van der Waals surface area contributed by atoms with Crippen molar-refractivity contribution in [1.82, 2.24) is 15.5 Å². The third-order valence-corrected chi connectivity index (χ3v) is 5.11. The maximum Gasteiger partial charge on any atom is 0.248 e. The molecule has 9 heteroatoms. The molecule has 0 aliphatic heterocycles. The van der Waals surface area contributed by atoms with Gasteiger partial charge in [0.15, 0.2) is 0 Å². The van der Waals surface area contributed by atoms with Crippen LogP contribution in [0.5, 0.6) is 0 Å². The molecule has 27 heavy (non-hydrogen) atoms. The SMILES string of the molecule is CCCC(NC(=O)Cc1cc(F)cc(F)c1)C(=O)Nc1nnc(C2CC2)s1. The number of carbonyl (C=O) groups is 2. The largest absolute Gasteiger partial charge is 0.344 e. The van der Waals surface area contributed by atoms with E-state index in [2.05, 4.69) is 20.8 Å². The molecule has 1 unspecified atom stereocenters. The van der Waals surface area contributed by atoms with Gasteiger partial charge in [-0.3, -0.25) is 14.9 Å². The molecule has 144 valence electrons. The Balaban J connectivity index is 1.59. The quantitative estimate of drug-likeness (QED) is 0.720. The van der Waals surface area contributed by atoms with Crippen LogP contribution in [0.2, 0.25) is 0 Å². The van der Waals surface area contributed by atoms with E-state index < -0.39 is 23.6 Å². The average molecular weight is 394 g/mol. The molecule has 1 aliphatic rings. The second-order valence-corrected chi connectivity index (χ2v) is 7.58. The molecule has 1 atom stereocenters. The standard InChI is InChI=1S/C18H20F2N4O2S/c1-2-3-14(16(26)22-18-24-23-17(27-18)11-4-5-11)21-15(25)8-10-6-12(19)9-13(20)7-10/h6-7,9,11,14H,2-5,8H2,1H3,(H,21,25)(H,22,24,26). The molecule has 0 spiro atoms. The lowest BCUT2D eigenvalue weighted by molar-refractivity contribution is -0.126. The van der Waals surface area contributed by atoms with Gasteiger partial charge in [0.05, 0.1) is 6.42 Å². The van der Waals surface area contributed by atoms with E-state index in [1.165, 1.54) is 11.3 Å². The summed E-state index contributed by atoms with van der Waals surface area (Å²) in [6, 6.07) is 2.18. The third kappa shape index (κ3) is 5.53. The number of aromatic nitrogens is 2. The summed E-state index contributed by atoms with van der Waals surface area (Å²) in [5.41, 5.74) is 0.207. The van der Waals surface area contributed by atoms with E-state index in [1.807, 2.05) is 6.92 Å². The highest BCUT2D eigenvalue weighted by Crippen LogP contribution is 2.42. The Morgan fingerprint density at radius 1 is 1.22 bits per heavy atom. The Morgan fingerprint density at radius 2 is 1.93 bits per heavy atom. The zero-order chi connectivity index (χ0) is 19.4. The first-order valence-corrected chi connectivity index (χ1v) is 9.65. The van der Waals surface area contributed by atoms with Gasteiger partial charge in [-0.1, -0.05) is 24.7 Å². The minimum Gasteiger partial charge on any atom is -0.344 e. The fourth-order valence-electron chi connectivity index (χ4n) is 2.67. The van der Waals surface area contributed by atoms with Crippen LogP contribution >= 0.6 is 11.3 Å². The Labute approximate surface area is 159 Å². The highest BCUT2D eigenvalue weighted by atomic mass is 32.1. The number of nitrogens with zero attached hydrogens (tertiary/aromatic N) is 2. The summed E-state index contributed by atoms with van der Waals surface area (Å²) in [4.78, 5) is 24.7. The number of nitrogens with one attached hydrogen (secondary N) is 2. The Kier molecular flexibility index (Phi) is 6.10. The van der Waals surface area contributed by atoms with E-state index in [1.54, 1.807) is 0 Å². The van der Waals surface area contributed by atoms with Crippen LogP contribution < -0.4 is 10.6 Å². The first-order valence-electron chi connectivity index (χ1n) is 8.83. The molecule has 1 heterocycles. The summed E-state index contributed by atoms with van der Waals surface area (Å²) in [7, 11) is 0. The van der Waals surface area contributed by atoms with Crippen LogP contribution in [0.4, 0.5) is 13.9 Å². The van der Waals surface area contributed by atoms with Crippen LogP contribution in [0, 0.1) is 11.6 Å². The van der Waals surface area contributed by atoms with Crippen molar-refractivity contribution in [3.63, 3.8) is 0 Å². The molecule has 0 radical (unpaired) electrons. The van der Waals surface area contributed by atoms with Crippen molar-refractivity contribution in [2.45, 2.75) is 51.0 Å². The van der Waals surface area contributed by atoms with Crippen molar-refractivity contribution in [2.24, 2.45) is 0 Å². The number of benzene rings is 1. The van der Waals surface area contributed by atoms with Gasteiger partial charge < -0.3 is 5.32 Å². The molecule has 2 aromatic rings. The van der Waals surface area contributed by atoms with Gasteiger partial charge >= 0.3 is 0 Å². The minimum atomic E-state index is -0.755. The fourth-order valence-corrected chi connectivity index (χ4v) is 3.59. The first-order chi connectivity index (χ1) is 12.9. The van der Waals surface area contributed by atoms with Gasteiger partial charge in [0, 0.05) is 12.0 Å².